The van der Waals surface area contributed by atoms with Crippen LogP contribution in [0, 0.1) is 13.8 Å². The fourth-order valence-corrected chi connectivity index (χ4v) is 4.33. The molecule has 1 fully saturated rings. The zero-order valence-corrected chi connectivity index (χ0v) is 19.2. The van der Waals surface area contributed by atoms with Gasteiger partial charge >= 0.3 is 0 Å². The molecule has 0 aromatic heterocycles. The maximum absolute atomic E-state index is 13.0. The van der Waals surface area contributed by atoms with E-state index in [4.69, 9.17) is 11.6 Å². The molecule has 2 aliphatic rings. The van der Waals surface area contributed by atoms with E-state index in [1.54, 1.807) is 36.4 Å². The normalized spacial score (nSPS) is 19.1. The molecule has 1 N–H and O–H groups in total. The predicted octanol–water partition coefficient (Wildman–Crippen LogP) is 4.75. The van der Waals surface area contributed by atoms with Gasteiger partial charge in [-0.05, 0) is 87.6 Å². The van der Waals surface area contributed by atoms with Crippen LogP contribution in [0.2, 0.25) is 0 Å². The molecule has 1 atom stereocenters. The van der Waals surface area contributed by atoms with Crippen molar-refractivity contribution >= 4 is 40.7 Å². The highest BCUT2D eigenvalue weighted by molar-refractivity contribution is 6.53. The first kappa shape index (κ1) is 22.1. The zero-order chi connectivity index (χ0) is 23.0. The second-order valence-electron chi connectivity index (χ2n) is 8.45. The second kappa shape index (κ2) is 8.79. The van der Waals surface area contributed by atoms with E-state index >= 15 is 0 Å². The molecular weight excluding hydrogens is 426 g/mol. The van der Waals surface area contributed by atoms with Gasteiger partial charge in [0, 0.05) is 23.8 Å². The van der Waals surface area contributed by atoms with Crippen LogP contribution in [0.5, 0.6) is 0 Å². The summed E-state index contributed by atoms with van der Waals surface area (Å²) in [6.07, 6.45) is 3.19. The number of carbonyl (C=O) groups is 3. The first-order valence-electron chi connectivity index (χ1n) is 10.8. The van der Waals surface area contributed by atoms with Gasteiger partial charge < -0.3 is 10.2 Å². The number of aryl methyl sites for hydroxylation is 2. The largest absolute Gasteiger partial charge is 0.350 e. The molecule has 1 unspecified atom stereocenters. The number of piperidine rings is 1. The van der Waals surface area contributed by atoms with E-state index in [1.165, 1.54) is 0 Å². The van der Waals surface area contributed by atoms with E-state index < -0.39 is 11.8 Å². The van der Waals surface area contributed by atoms with Gasteiger partial charge in [-0.15, -0.1) is 0 Å². The van der Waals surface area contributed by atoms with E-state index in [0.717, 1.165) is 41.8 Å². The summed E-state index contributed by atoms with van der Waals surface area (Å²) in [5.74, 6) is -1.06. The number of nitrogens with zero attached hydrogens (tertiary/aromatic N) is 2. The molecule has 0 radical (unpaired) electrons. The van der Waals surface area contributed by atoms with Crippen molar-refractivity contribution in [1.82, 2.24) is 4.90 Å². The van der Waals surface area contributed by atoms with E-state index in [1.807, 2.05) is 24.8 Å². The Morgan fingerprint density at radius 3 is 2.38 bits per heavy atom. The summed E-state index contributed by atoms with van der Waals surface area (Å²) < 4.78 is 0. The fourth-order valence-electron chi connectivity index (χ4n) is 4.12. The van der Waals surface area contributed by atoms with Crippen LogP contribution >= 0.6 is 11.6 Å². The van der Waals surface area contributed by atoms with Crippen LogP contribution in [0.25, 0.3) is 0 Å². The van der Waals surface area contributed by atoms with Gasteiger partial charge in [-0.3, -0.25) is 14.4 Å². The predicted molar refractivity (Wildman–Crippen MR) is 126 cm³/mol. The number of benzene rings is 2. The number of hydrogen-bond acceptors (Lipinski definition) is 4. The molecule has 1 saturated heterocycles. The SMILES string of the molecule is Cc1ccc(N2C(=O)C(Cl)=C(Nc3ccc(C(=O)N4CCCCC4C)cc3)C2=O)cc1C. The molecule has 2 aromatic carbocycles. The van der Waals surface area contributed by atoms with E-state index in [0.29, 0.717) is 16.9 Å². The van der Waals surface area contributed by atoms with Crippen LogP contribution < -0.4 is 10.2 Å². The maximum Gasteiger partial charge on any atom is 0.283 e. The highest BCUT2D eigenvalue weighted by Crippen LogP contribution is 2.31. The first-order chi connectivity index (χ1) is 15.3. The molecule has 0 spiro atoms. The molecule has 3 amide bonds. The molecule has 0 saturated carbocycles. The molecule has 32 heavy (non-hydrogen) atoms. The minimum Gasteiger partial charge on any atom is -0.350 e. The summed E-state index contributed by atoms with van der Waals surface area (Å²) in [4.78, 5) is 41.5. The third kappa shape index (κ3) is 4.02. The molecule has 2 heterocycles. The Morgan fingerprint density at radius 2 is 1.72 bits per heavy atom. The van der Waals surface area contributed by atoms with Crippen molar-refractivity contribution in [1.29, 1.82) is 0 Å². The molecular formula is C25H26ClN3O3. The Kier molecular flexibility index (Phi) is 6.07. The third-order valence-electron chi connectivity index (χ3n) is 6.24. The molecule has 2 aromatic rings. The van der Waals surface area contributed by atoms with E-state index in [9.17, 15) is 14.4 Å². The Morgan fingerprint density at radius 1 is 1.00 bits per heavy atom. The zero-order valence-electron chi connectivity index (χ0n) is 18.4. The Labute approximate surface area is 192 Å². The maximum atomic E-state index is 13.0. The van der Waals surface area contributed by atoms with Gasteiger partial charge in [-0.25, -0.2) is 4.90 Å². The van der Waals surface area contributed by atoms with Crippen LogP contribution in [0.1, 0.15) is 47.7 Å². The smallest absolute Gasteiger partial charge is 0.283 e. The van der Waals surface area contributed by atoms with Gasteiger partial charge in [0.25, 0.3) is 17.7 Å². The first-order valence-corrected chi connectivity index (χ1v) is 11.2. The van der Waals surface area contributed by atoms with Gasteiger partial charge in [0.1, 0.15) is 10.7 Å². The summed E-state index contributed by atoms with van der Waals surface area (Å²) in [5, 5.41) is 2.80. The van der Waals surface area contributed by atoms with Crippen LogP contribution in [0.3, 0.4) is 0 Å². The van der Waals surface area contributed by atoms with Crippen molar-refractivity contribution in [3.8, 4) is 0 Å². The summed E-state index contributed by atoms with van der Waals surface area (Å²) in [6, 6.07) is 12.5. The van der Waals surface area contributed by atoms with Crippen molar-refractivity contribution in [2.75, 3.05) is 16.8 Å². The Bertz CT molecular complexity index is 1120. The standard InChI is InChI=1S/C25H26ClN3O3/c1-15-7-12-20(14-16(15)2)29-24(31)21(26)22(25(29)32)27-19-10-8-18(9-11-19)23(30)28-13-5-4-6-17(28)3/h7-12,14,17,27H,4-6,13H2,1-3H3. The molecule has 4 rings (SSSR count). The Balaban J connectivity index is 1.51. The van der Waals surface area contributed by atoms with E-state index in [2.05, 4.69) is 12.2 Å². The van der Waals surface area contributed by atoms with Crippen molar-refractivity contribution in [2.24, 2.45) is 0 Å². The van der Waals surface area contributed by atoms with E-state index in [-0.39, 0.29) is 22.7 Å². The highest BCUT2D eigenvalue weighted by atomic mass is 35.5. The monoisotopic (exact) mass is 451 g/mol. The summed E-state index contributed by atoms with van der Waals surface area (Å²) in [7, 11) is 0. The lowest BCUT2D eigenvalue weighted by Gasteiger charge is -2.33. The quantitative estimate of drug-likeness (QED) is 0.681. The van der Waals surface area contributed by atoms with Crippen molar-refractivity contribution in [3.63, 3.8) is 0 Å². The number of carbonyl (C=O) groups excluding carboxylic acids is 3. The van der Waals surface area contributed by atoms with Crippen LogP contribution in [-0.2, 0) is 9.59 Å². The molecule has 2 aliphatic heterocycles. The molecule has 6 nitrogen and oxygen atoms in total. The average Bonchev–Trinajstić information content (AvgIpc) is 2.99. The number of nitrogens with one attached hydrogen (secondary N) is 1. The molecule has 0 bridgehead atoms. The van der Waals surface area contributed by atoms with Gasteiger partial charge in [-0.1, -0.05) is 17.7 Å². The van der Waals surface area contributed by atoms with Crippen LogP contribution in [0.4, 0.5) is 11.4 Å². The number of halogens is 1. The number of hydrogen-bond donors (Lipinski definition) is 1. The summed E-state index contributed by atoms with van der Waals surface area (Å²) in [5.41, 5.74) is 3.72. The molecule has 0 aliphatic carbocycles. The molecule has 166 valence electrons. The third-order valence-corrected chi connectivity index (χ3v) is 6.59. The lowest BCUT2D eigenvalue weighted by atomic mass is 10.0. The van der Waals surface area contributed by atoms with Crippen molar-refractivity contribution < 1.29 is 14.4 Å². The minimum absolute atomic E-state index is 0.00837. The van der Waals surface area contributed by atoms with Gasteiger partial charge in [0.2, 0.25) is 0 Å². The Hall–Kier alpha value is -3.12. The van der Waals surface area contributed by atoms with Crippen LogP contribution in [0.15, 0.2) is 53.2 Å². The van der Waals surface area contributed by atoms with Crippen LogP contribution in [-0.4, -0.2) is 35.2 Å². The number of amides is 3. The van der Waals surface area contributed by atoms with Gasteiger partial charge in [-0.2, -0.15) is 0 Å². The number of anilines is 2. The van der Waals surface area contributed by atoms with Crippen molar-refractivity contribution in [3.05, 3.63) is 69.9 Å². The number of likely N-dealkylation sites (tertiary alicyclic amines) is 1. The van der Waals surface area contributed by atoms with Gasteiger partial charge in [0.15, 0.2) is 0 Å². The topological polar surface area (TPSA) is 69.7 Å². The summed E-state index contributed by atoms with van der Waals surface area (Å²) >= 11 is 6.23. The minimum atomic E-state index is -0.562. The average molecular weight is 452 g/mol. The second-order valence-corrected chi connectivity index (χ2v) is 8.83. The number of rotatable bonds is 4. The lowest BCUT2D eigenvalue weighted by molar-refractivity contribution is -0.120. The number of imide groups is 1. The van der Waals surface area contributed by atoms with Gasteiger partial charge in [0.05, 0.1) is 5.69 Å². The highest BCUT2D eigenvalue weighted by Gasteiger charge is 2.39. The van der Waals surface area contributed by atoms with Crippen molar-refractivity contribution in [2.45, 2.75) is 46.1 Å². The fraction of sp³-hybridized carbons (Fsp3) is 0.320. The molecule has 7 heteroatoms. The lowest BCUT2D eigenvalue weighted by Crippen LogP contribution is -2.42. The summed E-state index contributed by atoms with van der Waals surface area (Å²) in [6.45, 7) is 6.73.